The lowest BCUT2D eigenvalue weighted by Crippen LogP contribution is -2.12. The van der Waals surface area contributed by atoms with E-state index < -0.39 is 0 Å². The van der Waals surface area contributed by atoms with Gasteiger partial charge in [-0.25, -0.2) is 0 Å². The highest BCUT2D eigenvalue weighted by Gasteiger charge is 1.88. The molecule has 2 rings (SSSR count). The highest BCUT2D eigenvalue weighted by molar-refractivity contribution is 5.48. The first-order valence-electron chi connectivity index (χ1n) is 5.91. The first-order chi connectivity index (χ1) is 8.45. The molecule has 2 aromatic carbocycles. The maximum absolute atomic E-state index is 3.39. The second-order valence-electron chi connectivity index (χ2n) is 3.93. The van der Waals surface area contributed by atoms with Gasteiger partial charge in [0.05, 0.1) is 0 Å². The lowest BCUT2D eigenvalue weighted by molar-refractivity contribution is 0.761. The van der Waals surface area contributed by atoms with Crippen molar-refractivity contribution >= 4 is 6.08 Å². The van der Waals surface area contributed by atoms with Crippen LogP contribution in [0.25, 0.3) is 6.08 Å². The molecular weight excluding hydrogens is 206 g/mol. The Morgan fingerprint density at radius 2 is 1.47 bits per heavy atom. The summed E-state index contributed by atoms with van der Waals surface area (Å²) < 4.78 is 0. The van der Waals surface area contributed by atoms with Gasteiger partial charge in [-0.2, -0.15) is 0 Å². The third-order valence-electron chi connectivity index (χ3n) is 2.54. The molecule has 0 aromatic heterocycles. The van der Waals surface area contributed by atoms with Crippen LogP contribution in [0.5, 0.6) is 0 Å². The highest BCUT2D eigenvalue weighted by Crippen LogP contribution is 2.00. The van der Waals surface area contributed by atoms with Gasteiger partial charge >= 0.3 is 0 Å². The van der Waals surface area contributed by atoms with Crippen LogP contribution in [0.2, 0.25) is 0 Å². The Hall–Kier alpha value is -1.86. The Morgan fingerprint density at radius 1 is 0.824 bits per heavy atom. The molecule has 86 valence electrons. The van der Waals surface area contributed by atoms with Crippen molar-refractivity contribution in [2.45, 2.75) is 6.54 Å². The minimum absolute atomic E-state index is 0.893. The van der Waals surface area contributed by atoms with Crippen molar-refractivity contribution in [3.05, 3.63) is 77.9 Å². The largest absolute Gasteiger partial charge is 0.309 e. The minimum Gasteiger partial charge on any atom is -0.309 e. The van der Waals surface area contributed by atoms with Crippen molar-refractivity contribution in [1.82, 2.24) is 5.32 Å². The quantitative estimate of drug-likeness (QED) is 0.765. The Kier molecular flexibility index (Phi) is 4.56. The second-order valence-corrected chi connectivity index (χ2v) is 3.93. The van der Waals surface area contributed by atoms with Gasteiger partial charge in [0, 0.05) is 13.1 Å². The molecule has 0 aliphatic rings. The maximum Gasteiger partial charge on any atom is 0.0208 e. The van der Waals surface area contributed by atoms with Crippen LogP contribution in [-0.2, 0) is 6.54 Å². The normalized spacial score (nSPS) is 10.8. The monoisotopic (exact) mass is 223 g/mol. The summed E-state index contributed by atoms with van der Waals surface area (Å²) >= 11 is 0. The molecule has 0 saturated carbocycles. The average Bonchev–Trinajstić information content (AvgIpc) is 2.41. The van der Waals surface area contributed by atoms with Crippen LogP contribution in [0, 0.1) is 0 Å². The lowest BCUT2D eigenvalue weighted by Gasteiger charge is -2.01. The molecule has 0 atom stereocenters. The van der Waals surface area contributed by atoms with E-state index in [9.17, 15) is 0 Å². The van der Waals surface area contributed by atoms with Gasteiger partial charge in [-0.1, -0.05) is 72.8 Å². The van der Waals surface area contributed by atoms with Crippen molar-refractivity contribution in [3.63, 3.8) is 0 Å². The highest BCUT2D eigenvalue weighted by atomic mass is 14.8. The van der Waals surface area contributed by atoms with Gasteiger partial charge in [0.2, 0.25) is 0 Å². The Balaban J connectivity index is 1.72. The fourth-order valence-corrected chi connectivity index (χ4v) is 1.65. The van der Waals surface area contributed by atoms with Gasteiger partial charge in [-0.15, -0.1) is 0 Å². The molecular formula is C16H17N. The van der Waals surface area contributed by atoms with E-state index in [2.05, 4.69) is 66.0 Å². The average molecular weight is 223 g/mol. The van der Waals surface area contributed by atoms with E-state index in [1.807, 2.05) is 12.1 Å². The molecule has 0 unspecified atom stereocenters. The molecule has 0 aliphatic carbocycles. The Morgan fingerprint density at radius 3 is 2.18 bits per heavy atom. The molecule has 0 heterocycles. The predicted molar refractivity (Wildman–Crippen MR) is 73.6 cm³/mol. The van der Waals surface area contributed by atoms with Crippen LogP contribution in [0.15, 0.2) is 66.7 Å². The molecule has 1 N–H and O–H groups in total. The summed E-state index contributed by atoms with van der Waals surface area (Å²) in [4.78, 5) is 0. The molecule has 0 fully saturated rings. The molecule has 0 saturated heterocycles. The Labute approximate surface area is 103 Å². The smallest absolute Gasteiger partial charge is 0.0208 e. The summed E-state index contributed by atoms with van der Waals surface area (Å²) in [7, 11) is 0. The number of benzene rings is 2. The van der Waals surface area contributed by atoms with E-state index in [1.54, 1.807) is 0 Å². The molecule has 1 nitrogen and oxygen atoms in total. The lowest BCUT2D eigenvalue weighted by atomic mass is 10.2. The van der Waals surface area contributed by atoms with Crippen molar-refractivity contribution in [1.29, 1.82) is 0 Å². The molecule has 0 bridgehead atoms. The van der Waals surface area contributed by atoms with Crippen molar-refractivity contribution in [3.8, 4) is 0 Å². The fourth-order valence-electron chi connectivity index (χ4n) is 1.65. The molecule has 0 aliphatic heterocycles. The summed E-state index contributed by atoms with van der Waals surface area (Å²) in [5.41, 5.74) is 2.56. The zero-order valence-electron chi connectivity index (χ0n) is 9.84. The maximum atomic E-state index is 3.39. The first kappa shape index (κ1) is 11.6. The Bertz CT molecular complexity index is 445. The molecule has 1 heteroatoms. The van der Waals surface area contributed by atoms with Gasteiger partial charge < -0.3 is 5.32 Å². The van der Waals surface area contributed by atoms with Gasteiger partial charge in [-0.05, 0) is 11.1 Å². The van der Waals surface area contributed by atoms with Gasteiger partial charge in [-0.3, -0.25) is 0 Å². The second kappa shape index (κ2) is 6.66. The standard InChI is InChI=1S/C16H17N/c1-3-8-15(9-4-1)12-7-13-17-14-16-10-5-2-6-11-16/h1-12,17H,13-14H2/b12-7-. The summed E-state index contributed by atoms with van der Waals surface area (Å²) in [6, 6.07) is 20.8. The van der Waals surface area contributed by atoms with E-state index in [4.69, 9.17) is 0 Å². The van der Waals surface area contributed by atoms with E-state index in [-0.39, 0.29) is 0 Å². The van der Waals surface area contributed by atoms with Gasteiger partial charge in [0.15, 0.2) is 0 Å². The number of hydrogen-bond acceptors (Lipinski definition) is 1. The van der Waals surface area contributed by atoms with Crippen LogP contribution in [-0.4, -0.2) is 6.54 Å². The van der Waals surface area contributed by atoms with E-state index in [0.717, 1.165) is 13.1 Å². The zero-order chi connectivity index (χ0) is 11.8. The summed E-state index contributed by atoms with van der Waals surface area (Å²) in [5.74, 6) is 0. The van der Waals surface area contributed by atoms with E-state index in [0.29, 0.717) is 0 Å². The summed E-state index contributed by atoms with van der Waals surface area (Å²) in [5, 5.41) is 3.39. The number of hydrogen-bond donors (Lipinski definition) is 1. The molecule has 0 spiro atoms. The SMILES string of the molecule is C(=C/c1ccccc1)/CNCc1ccccc1. The number of rotatable bonds is 5. The summed E-state index contributed by atoms with van der Waals surface area (Å²) in [6.45, 7) is 1.81. The first-order valence-corrected chi connectivity index (χ1v) is 5.91. The van der Waals surface area contributed by atoms with Crippen molar-refractivity contribution < 1.29 is 0 Å². The van der Waals surface area contributed by atoms with Crippen LogP contribution in [0.4, 0.5) is 0 Å². The van der Waals surface area contributed by atoms with Crippen LogP contribution in [0.1, 0.15) is 11.1 Å². The van der Waals surface area contributed by atoms with E-state index >= 15 is 0 Å². The third-order valence-corrected chi connectivity index (χ3v) is 2.54. The molecule has 2 aromatic rings. The zero-order valence-corrected chi connectivity index (χ0v) is 9.84. The van der Waals surface area contributed by atoms with Crippen LogP contribution in [0.3, 0.4) is 0 Å². The van der Waals surface area contributed by atoms with Crippen LogP contribution >= 0.6 is 0 Å². The predicted octanol–water partition coefficient (Wildman–Crippen LogP) is 3.49. The molecule has 0 amide bonds. The molecule has 17 heavy (non-hydrogen) atoms. The van der Waals surface area contributed by atoms with Crippen LogP contribution < -0.4 is 5.32 Å². The van der Waals surface area contributed by atoms with Crippen molar-refractivity contribution in [2.24, 2.45) is 0 Å². The topological polar surface area (TPSA) is 12.0 Å². The fraction of sp³-hybridized carbons (Fsp3) is 0.125. The summed E-state index contributed by atoms with van der Waals surface area (Å²) in [6.07, 6.45) is 4.29. The molecule has 0 radical (unpaired) electrons. The number of nitrogens with one attached hydrogen (secondary N) is 1. The van der Waals surface area contributed by atoms with Crippen molar-refractivity contribution in [2.75, 3.05) is 6.54 Å². The van der Waals surface area contributed by atoms with E-state index in [1.165, 1.54) is 11.1 Å². The van der Waals surface area contributed by atoms with Gasteiger partial charge in [0.1, 0.15) is 0 Å². The van der Waals surface area contributed by atoms with Gasteiger partial charge in [0.25, 0.3) is 0 Å². The minimum atomic E-state index is 0.893. The third kappa shape index (κ3) is 4.25.